The van der Waals surface area contributed by atoms with E-state index in [1.165, 1.54) is 32.4 Å². The molecule has 1 N–H and O–H groups in total. The smallest absolute Gasteiger partial charge is 0.224 e. The van der Waals surface area contributed by atoms with Crippen LogP contribution in [0.4, 0.5) is 0 Å². The van der Waals surface area contributed by atoms with Crippen LogP contribution in [-0.2, 0) is 11.2 Å². The summed E-state index contributed by atoms with van der Waals surface area (Å²) in [4.78, 5) is 15.1. The molecule has 0 aromatic heterocycles. The topological polar surface area (TPSA) is 32.3 Å². The van der Waals surface area contributed by atoms with Crippen LogP contribution in [0.3, 0.4) is 0 Å². The lowest BCUT2D eigenvalue weighted by atomic mass is 10.1. The van der Waals surface area contributed by atoms with Gasteiger partial charge in [0, 0.05) is 18.0 Å². The Morgan fingerprint density at radius 1 is 1.16 bits per heavy atom. The molecule has 0 radical (unpaired) electrons. The fraction of sp³-hybridized carbons (Fsp3) is 0.533. The first-order chi connectivity index (χ1) is 9.24. The average Bonchev–Trinajstić information content (AvgIpc) is 2.43. The second kappa shape index (κ2) is 7.56. The Kier molecular flexibility index (Phi) is 5.73. The van der Waals surface area contributed by atoms with Crippen LogP contribution in [0.25, 0.3) is 0 Å². The molecule has 1 fully saturated rings. The molecule has 1 aliphatic heterocycles. The zero-order chi connectivity index (χ0) is 13.5. The predicted molar refractivity (Wildman–Crippen MR) is 80.7 cm³/mol. The Hall–Kier alpha value is -1.00. The Bertz CT molecular complexity index is 399. The summed E-state index contributed by atoms with van der Waals surface area (Å²) in [6.07, 6.45) is 4.39. The molecule has 1 heterocycles. The van der Waals surface area contributed by atoms with Crippen molar-refractivity contribution in [2.45, 2.75) is 30.6 Å². The predicted octanol–water partition coefficient (Wildman–Crippen LogP) is 2.12. The Morgan fingerprint density at radius 3 is 2.53 bits per heavy atom. The summed E-state index contributed by atoms with van der Waals surface area (Å²) in [6.45, 7) is 4.09. The minimum Gasteiger partial charge on any atom is -0.355 e. The molecular weight excluding hydrogens is 256 g/mol. The highest BCUT2D eigenvalue weighted by Crippen LogP contribution is 2.09. The Labute approximate surface area is 120 Å². The maximum Gasteiger partial charge on any atom is 0.224 e. The first-order valence-electron chi connectivity index (χ1n) is 7.01. The second-order valence-electron chi connectivity index (χ2n) is 5.10. The molecular formula is C15H22N2OS. The number of benzene rings is 1. The van der Waals surface area contributed by atoms with Gasteiger partial charge in [-0.2, -0.15) is 0 Å². The van der Waals surface area contributed by atoms with Gasteiger partial charge in [0.25, 0.3) is 0 Å². The van der Waals surface area contributed by atoms with Gasteiger partial charge in [0.05, 0.1) is 6.42 Å². The van der Waals surface area contributed by atoms with E-state index in [0.717, 1.165) is 23.5 Å². The number of carbonyl (C=O) groups excluding carboxylic acids is 1. The third-order valence-corrected chi connectivity index (χ3v) is 3.80. The fourth-order valence-electron chi connectivity index (χ4n) is 2.40. The molecule has 0 unspecified atom stereocenters. The summed E-state index contributed by atoms with van der Waals surface area (Å²) in [5.41, 5.74) is 1.04. The monoisotopic (exact) mass is 278 g/mol. The lowest BCUT2D eigenvalue weighted by molar-refractivity contribution is -0.120. The van der Waals surface area contributed by atoms with E-state index in [1.54, 1.807) is 0 Å². The lowest BCUT2D eigenvalue weighted by Crippen LogP contribution is -2.38. The normalized spacial score (nSPS) is 16.3. The van der Waals surface area contributed by atoms with Crippen LogP contribution < -0.4 is 5.32 Å². The average molecular weight is 278 g/mol. The molecule has 19 heavy (non-hydrogen) atoms. The number of nitrogens with zero attached hydrogens (tertiary/aromatic N) is 1. The summed E-state index contributed by atoms with van der Waals surface area (Å²) in [7, 11) is 0. The number of carbonyl (C=O) groups is 1. The van der Waals surface area contributed by atoms with Crippen molar-refractivity contribution in [1.82, 2.24) is 10.2 Å². The van der Waals surface area contributed by atoms with E-state index in [0.29, 0.717) is 6.42 Å². The number of hydrogen-bond acceptors (Lipinski definition) is 3. The first kappa shape index (κ1) is 14.4. The van der Waals surface area contributed by atoms with Crippen molar-refractivity contribution in [3.63, 3.8) is 0 Å². The van der Waals surface area contributed by atoms with E-state index in [9.17, 15) is 4.79 Å². The molecule has 3 nitrogen and oxygen atoms in total. The van der Waals surface area contributed by atoms with E-state index in [1.807, 2.05) is 24.3 Å². The Morgan fingerprint density at radius 2 is 1.84 bits per heavy atom. The van der Waals surface area contributed by atoms with Crippen molar-refractivity contribution in [1.29, 1.82) is 0 Å². The molecule has 1 aromatic carbocycles. The van der Waals surface area contributed by atoms with Gasteiger partial charge in [0.15, 0.2) is 0 Å². The minimum absolute atomic E-state index is 0.101. The lowest BCUT2D eigenvalue weighted by Gasteiger charge is -2.26. The molecule has 1 aromatic rings. The van der Waals surface area contributed by atoms with Crippen molar-refractivity contribution in [3.05, 3.63) is 29.8 Å². The number of thiol groups is 1. The second-order valence-corrected chi connectivity index (χ2v) is 5.61. The van der Waals surface area contributed by atoms with Crippen molar-refractivity contribution in [2.75, 3.05) is 26.2 Å². The molecule has 0 spiro atoms. The maximum atomic E-state index is 11.8. The highest BCUT2D eigenvalue weighted by molar-refractivity contribution is 7.80. The van der Waals surface area contributed by atoms with Crippen molar-refractivity contribution in [2.24, 2.45) is 0 Å². The van der Waals surface area contributed by atoms with E-state index in [-0.39, 0.29) is 5.91 Å². The summed E-state index contributed by atoms with van der Waals surface area (Å²) < 4.78 is 0. The molecule has 1 amide bonds. The number of nitrogens with one attached hydrogen (secondary N) is 1. The van der Waals surface area contributed by atoms with Crippen LogP contribution in [0.2, 0.25) is 0 Å². The standard InChI is InChI=1S/C15H22N2OS/c18-15(12-13-4-6-14(19)7-5-13)16-8-11-17-9-2-1-3-10-17/h4-7,19H,1-3,8-12H2,(H,16,18). The van der Waals surface area contributed by atoms with Crippen molar-refractivity contribution in [3.8, 4) is 0 Å². The highest BCUT2D eigenvalue weighted by atomic mass is 32.1. The Balaban J connectivity index is 1.65. The summed E-state index contributed by atoms with van der Waals surface area (Å²) >= 11 is 4.23. The molecule has 1 aliphatic rings. The number of hydrogen-bond donors (Lipinski definition) is 2. The van der Waals surface area contributed by atoms with E-state index in [4.69, 9.17) is 0 Å². The van der Waals surface area contributed by atoms with Gasteiger partial charge in [-0.3, -0.25) is 4.79 Å². The molecule has 0 bridgehead atoms. The zero-order valence-electron chi connectivity index (χ0n) is 11.3. The van der Waals surface area contributed by atoms with Crippen molar-refractivity contribution >= 4 is 18.5 Å². The first-order valence-corrected chi connectivity index (χ1v) is 7.46. The van der Waals surface area contributed by atoms with Crippen molar-refractivity contribution < 1.29 is 4.79 Å². The van der Waals surface area contributed by atoms with Gasteiger partial charge >= 0.3 is 0 Å². The molecule has 0 saturated carbocycles. The van der Waals surface area contributed by atoms with Gasteiger partial charge in [-0.15, -0.1) is 12.6 Å². The molecule has 4 heteroatoms. The maximum absolute atomic E-state index is 11.8. The van der Waals surface area contributed by atoms with E-state index >= 15 is 0 Å². The molecule has 0 aliphatic carbocycles. The number of likely N-dealkylation sites (tertiary alicyclic amines) is 1. The molecule has 104 valence electrons. The zero-order valence-corrected chi connectivity index (χ0v) is 12.2. The van der Waals surface area contributed by atoms with Gasteiger partial charge < -0.3 is 10.2 Å². The SMILES string of the molecule is O=C(Cc1ccc(S)cc1)NCCN1CCCCC1. The third-order valence-electron chi connectivity index (χ3n) is 3.50. The minimum atomic E-state index is 0.101. The third kappa shape index (κ3) is 5.25. The highest BCUT2D eigenvalue weighted by Gasteiger charge is 2.10. The molecule has 0 atom stereocenters. The van der Waals surface area contributed by atoms with Crippen LogP contribution in [0.1, 0.15) is 24.8 Å². The summed E-state index contributed by atoms with van der Waals surface area (Å²) in [5.74, 6) is 0.101. The summed E-state index contributed by atoms with van der Waals surface area (Å²) in [5, 5.41) is 2.99. The van der Waals surface area contributed by atoms with Gasteiger partial charge in [-0.25, -0.2) is 0 Å². The van der Waals surface area contributed by atoms with Crippen LogP contribution in [0.5, 0.6) is 0 Å². The number of piperidine rings is 1. The molecule has 2 rings (SSSR count). The largest absolute Gasteiger partial charge is 0.355 e. The van der Waals surface area contributed by atoms with Gasteiger partial charge in [-0.1, -0.05) is 18.6 Å². The van der Waals surface area contributed by atoms with Crippen LogP contribution in [0.15, 0.2) is 29.2 Å². The molecule has 1 saturated heterocycles. The number of rotatable bonds is 5. The van der Waals surface area contributed by atoms with E-state index < -0.39 is 0 Å². The van der Waals surface area contributed by atoms with Crippen LogP contribution >= 0.6 is 12.6 Å². The van der Waals surface area contributed by atoms with Gasteiger partial charge in [0.2, 0.25) is 5.91 Å². The number of amides is 1. The quantitative estimate of drug-likeness (QED) is 0.809. The van der Waals surface area contributed by atoms with Gasteiger partial charge in [-0.05, 0) is 43.6 Å². The van der Waals surface area contributed by atoms with Crippen LogP contribution in [-0.4, -0.2) is 37.0 Å². The van der Waals surface area contributed by atoms with Crippen LogP contribution in [0, 0.1) is 0 Å². The van der Waals surface area contributed by atoms with E-state index in [2.05, 4.69) is 22.8 Å². The van der Waals surface area contributed by atoms with Gasteiger partial charge in [0.1, 0.15) is 0 Å². The fourth-order valence-corrected chi connectivity index (χ4v) is 2.55. The summed E-state index contributed by atoms with van der Waals surface area (Å²) in [6, 6.07) is 7.73.